The lowest BCUT2D eigenvalue weighted by Gasteiger charge is -2.24. The molecule has 2 N–H and O–H groups in total. The molecule has 8 heteroatoms. The SMILES string of the molecule is CCOC(=O)C(C(=O)O)[C@@H](NS(=O)(=O)c1ccc(C)cc1)c1ccccc1. The summed E-state index contributed by atoms with van der Waals surface area (Å²) in [6.07, 6.45) is 0. The van der Waals surface area contributed by atoms with E-state index in [0.29, 0.717) is 5.56 Å². The van der Waals surface area contributed by atoms with Gasteiger partial charge in [0.2, 0.25) is 10.0 Å². The zero-order chi connectivity index (χ0) is 20.0. The molecule has 0 amide bonds. The zero-order valence-corrected chi connectivity index (χ0v) is 15.8. The Morgan fingerprint density at radius 2 is 1.67 bits per heavy atom. The van der Waals surface area contributed by atoms with E-state index >= 15 is 0 Å². The lowest BCUT2D eigenvalue weighted by molar-refractivity contribution is -0.159. The van der Waals surface area contributed by atoms with Crippen LogP contribution in [0.4, 0.5) is 0 Å². The number of benzene rings is 2. The van der Waals surface area contributed by atoms with E-state index in [4.69, 9.17) is 4.74 Å². The first-order chi connectivity index (χ1) is 12.8. The molecule has 0 spiro atoms. The third-order valence-electron chi connectivity index (χ3n) is 3.91. The molecule has 2 atom stereocenters. The first kappa shape index (κ1) is 20.6. The quantitative estimate of drug-likeness (QED) is 0.528. The van der Waals surface area contributed by atoms with Gasteiger partial charge in [-0.15, -0.1) is 0 Å². The maximum atomic E-state index is 12.8. The number of carboxylic acids is 1. The molecule has 0 aromatic heterocycles. The van der Waals surface area contributed by atoms with Gasteiger partial charge < -0.3 is 9.84 Å². The van der Waals surface area contributed by atoms with Crippen molar-refractivity contribution in [3.63, 3.8) is 0 Å². The van der Waals surface area contributed by atoms with E-state index in [2.05, 4.69) is 4.72 Å². The van der Waals surface area contributed by atoms with Gasteiger partial charge in [-0.05, 0) is 31.5 Å². The maximum Gasteiger partial charge on any atom is 0.322 e. The number of carbonyl (C=O) groups excluding carboxylic acids is 1. The second-order valence-electron chi connectivity index (χ2n) is 5.89. The van der Waals surface area contributed by atoms with Crippen LogP contribution in [0.5, 0.6) is 0 Å². The number of esters is 1. The fourth-order valence-corrected chi connectivity index (χ4v) is 3.79. The first-order valence-electron chi connectivity index (χ1n) is 8.29. The molecule has 0 saturated carbocycles. The van der Waals surface area contributed by atoms with Crippen molar-refractivity contribution in [2.45, 2.75) is 24.8 Å². The van der Waals surface area contributed by atoms with Crippen molar-refractivity contribution in [1.29, 1.82) is 0 Å². The molecule has 2 aromatic carbocycles. The van der Waals surface area contributed by atoms with E-state index in [-0.39, 0.29) is 11.5 Å². The number of rotatable bonds is 8. The van der Waals surface area contributed by atoms with Crippen LogP contribution in [0.2, 0.25) is 0 Å². The zero-order valence-electron chi connectivity index (χ0n) is 15.0. The van der Waals surface area contributed by atoms with Crippen LogP contribution in [-0.4, -0.2) is 32.1 Å². The van der Waals surface area contributed by atoms with Gasteiger partial charge in [0, 0.05) is 0 Å². The number of aliphatic carboxylic acids is 1. The molecular formula is C19H21NO6S. The summed E-state index contributed by atoms with van der Waals surface area (Å²) in [5, 5.41) is 9.57. The number of carbonyl (C=O) groups is 2. The van der Waals surface area contributed by atoms with Crippen LogP contribution in [0.25, 0.3) is 0 Å². The van der Waals surface area contributed by atoms with Crippen LogP contribution in [0.15, 0.2) is 59.5 Å². The number of carboxylic acid groups (broad SMARTS) is 1. The van der Waals surface area contributed by atoms with Gasteiger partial charge in [0.25, 0.3) is 0 Å². The number of hydrogen-bond acceptors (Lipinski definition) is 5. The van der Waals surface area contributed by atoms with E-state index in [1.54, 1.807) is 49.4 Å². The molecule has 0 aliphatic heterocycles. The Hall–Kier alpha value is -2.71. The van der Waals surface area contributed by atoms with Crippen molar-refractivity contribution in [1.82, 2.24) is 4.72 Å². The van der Waals surface area contributed by atoms with Crippen LogP contribution in [0.1, 0.15) is 24.1 Å². The van der Waals surface area contributed by atoms with Gasteiger partial charge in [-0.2, -0.15) is 0 Å². The second-order valence-corrected chi connectivity index (χ2v) is 7.60. The number of ether oxygens (including phenoxy) is 1. The number of hydrogen-bond donors (Lipinski definition) is 2. The van der Waals surface area contributed by atoms with Crippen LogP contribution in [0, 0.1) is 12.8 Å². The lowest BCUT2D eigenvalue weighted by atomic mass is 9.94. The van der Waals surface area contributed by atoms with Crippen molar-refractivity contribution in [2.24, 2.45) is 5.92 Å². The van der Waals surface area contributed by atoms with Crippen molar-refractivity contribution in [3.05, 3.63) is 65.7 Å². The average Bonchev–Trinajstić information content (AvgIpc) is 2.62. The molecule has 0 bridgehead atoms. The molecule has 2 rings (SSSR count). The molecule has 0 aliphatic carbocycles. The van der Waals surface area contributed by atoms with Gasteiger partial charge in [0.15, 0.2) is 5.92 Å². The van der Waals surface area contributed by atoms with Gasteiger partial charge in [-0.25, -0.2) is 13.1 Å². The topological polar surface area (TPSA) is 110 Å². The summed E-state index contributed by atoms with van der Waals surface area (Å²) in [7, 11) is -4.07. The highest BCUT2D eigenvalue weighted by molar-refractivity contribution is 7.89. The van der Waals surface area contributed by atoms with Crippen molar-refractivity contribution >= 4 is 22.0 Å². The summed E-state index contributed by atoms with van der Waals surface area (Å²) < 4.78 is 32.8. The van der Waals surface area contributed by atoms with Gasteiger partial charge >= 0.3 is 11.9 Å². The minimum absolute atomic E-state index is 0.0190. The fourth-order valence-electron chi connectivity index (χ4n) is 2.55. The largest absolute Gasteiger partial charge is 0.481 e. The van der Waals surface area contributed by atoms with Gasteiger partial charge in [0.05, 0.1) is 17.5 Å². The Morgan fingerprint density at radius 1 is 1.07 bits per heavy atom. The summed E-state index contributed by atoms with van der Waals surface area (Å²) in [6, 6.07) is 12.8. The molecule has 1 unspecified atom stereocenters. The predicted molar refractivity (Wildman–Crippen MR) is 98.4 cm³/mol. The summed E-state index contributed by atoms with van der Waals surface area (Å²) in [6.45, 7) is 3.34. The standard InChI is InChI=1S/C19H21NO6S/c1-3-26-19(23)16(18(21)22)17(14-7-5-4-6-8-14)20-27(24,25)15-11-9-13(2)10-12-15/h4-12,16-17,20H,3H2,1-2H3,(H,21,22)/t16?,17-/m0/s1. The highest BCUT2D eigenvalue weighted by atomic mass is 32.2. The normalized spacial score (nSPS) is 13.6. The number of sulfonamides is 1. The highest BCUT2D eigenvalue weighted by Crippen LogP contribution is 2.26. The molecule has 0 radical (unpaired) electrons. The smallest absolute Gasteiger partial charge is 0.322 e. The van der Waals surface area contributed by atoms with Crippen molar-refractivity contribution in [3.8, 4) is 0 Å². The molecule has 2 aromatic rings. The Bertz CT molecular complexity index is 894. The molecule has 7 nitrogen and oxygen atoms in total. The molecule has 0 aliphatic rings. The summed E-state index contributed by atoms with van der Waals surface area (Å²) in [5.74, 6) is -4.22. The summed E-state index contributed by atoms with van der Waals surface area (Å²) in [5.41, 5.74) is 1.22. The molecule has 0 fully saturated rings. The lowest BCUT2D eigenvalue weighted by Crippen LogP contribution is -2.41. The van der Waals surface area contributed by atoms with E-state index in [1.807, 2.05) is 6.92 Å². The minimum atomic E-state index is -4.07. The Kier molecular flexibility index (Phi) is 6.70. The van der Waals surface area contributed by atoms with E-state index < -0.39 is 33.9 Å². The monoisotopic (exact) mass is 391 g/mol. The second kappa shape index (κ2) is 8.79. The molecule has 27 heavy (non-hydrogen) atoms. The first-order valence-corrected chi connectivity index (χ1v) is 9.78. The van der Waals surface area contributed by atoms with Crippen LogP contribution in [-0.2, 0) is 24.3 Å². The van der Waals surface area contributed by atoms with Gasteiger partial charge in [-0.3, -0.25) is 9.59 Å². The van der Waals surface area contributed by atoms with Gasteiger partial charge in [-0.1, -0.05) is 48.0 Å². The van der Waals surface area contributed by atoms with Crippen LogP contribution >= 0.6 is 0 Å². The fraction of sp³-hybridized carbons (Fsp3) is 0.263. The van der Waals surface area contributed by atoms with E-state index in [1.165, 1.54) is 12.1 Å². The molecule has 0 saturated heterocycles. The Labute approximate surface area is 158 Å². The summed E-state index contributed by atoms with van der Waals surface area (Å²) >= 11 is 0. The third-order valence-corrected chi connectivity index (χ3v) is 5.37. The number of nitrogens with one attached hydrogen (secondary N) is 1. The van der Waals surface area contributed by atoms with Crippen LogP contribution in [0.3, 0.4) is 0 Å². The van der Waals surface area contributed by atoms with Crippen molar-refractivity contribution < 1.29 is 27.9 Å². The predicted octanol–water partition coefficient (Wildman–Crippen LogP) is 2.28. The summed E-state index contributed by atoms with van der Waals surface area (Å²) in [4.78, 5) is 24.0. The number of aryl methyl sites for hydroxylation is 1. The Morgan fingerprint density at radius 3 is 2.19 bits per heavy atom. The third kappa shape index (κ3) is 5.15. The average molecular weight is 391 g/mol. The molecule has 144 valence electrons. The van der Waals surface area contributed by atoms with Crippen LogP contribution < -0.4 is 4.72 Å². The van der Waals surface area contributed by atoms with Gasteiger partial charge in [0.1, 0.15) is 0 Å². The molecule has 0 heterocycles. The molecular weight excluding hydrogens is 370 g/mol. The Balaban J connectivity index is 2.48. The van der Waals surface area contributed by atoms with E-state index in [9.17, 15) is 23.1 Å². The highest BCUT2D eigenvalue weighted by Gasteiger charge is 2.39. The maximum absolute atomic E-state index is 12.8. The van der Waals surface area contributed by atoms with Crippen molar-refractivity contribution in [2.75, 3.05) is 6.61 Å². The minimum Gasteiger partial charge on any atom is -0.481 e. The van der Waals surface area contributed by atoms with E-state index in [0.717, 1.165) is 5.56 Å².